The Balaban J connectivity index is 2.01. The number of nitrogens with one attached hydrogen (secondary N) is 1. The van der Waals surface area contributed by atoms with Crippen molar-refractivity contribution in [2.24, 2.45) is 0 Å². The summed E-state index contributed by atoms with van der Waals surface area (Å²) >= 11 is 6.14. The van der Waals surface area contributed by atoms with Gasteiger partial charge >= 0.3 is 0 Å². The summed E-state index contributed by atoms with van der Waals surface area (Å²) in [5.41, 5.74) is 7.42. The highest BCUT2D eigenvalue weighted by atomic mass is 35.5. The van der Waals surface area contributed by atoms with Gasteiger partial charge in [-0.15, -0.1) is 0 Å². The molecule has 3 rings (SSSR count). The summed E-state index contributed by atoms with van der Waals surface area (Å²) < 4.78 is 2.00. The van der Waals surface area contributed by atoms with Crippen LogP contribution in [0.4, 0.5) is 5.69 Å². The van der Waals surface area contributed by atoms with Gasteiger partial charge in [0.15, 0.2) is 5.15 Å². The van der Waals surface area contributed by atoms with Crippen LogP contribution in [0.25, 0.3) is 5.52 Å². The molecule has 0 amide bonds. The normalized spacial score (nSPS) is 20.2. The second-order valence-electron chi connectivity index (χ2n) is 4.50. The monoisotopic (exact) mass is 250 g/mol. The maximum absolute atomic E-state index is 6.14. The van der Waals surface area contributed by atoms with Crippen molar-refractivity contribution in [2.45, 2.75) is 25.3 Å². The lowest BCUT2D eigenvalue weighted by molar-refractivity contribution is 0.584. The Hall–Kier alpha value is -1.26. The molecule has 1 fully saturated rings. The summed E-state index contributed by atoms with van der Waals surface area (Å²) in [5, 5.41) is 3.96. The first kappa shape index (κ1) is 10.9. The highest BCUT2D eigenvalue weighted by Gasteiger charge is 2.19. The van der Waals surface area contributed by atoms with Crippen molar-refractivity contribution in [1.29, 1.82) is 0 Å². The molecule has 0 aliphatic carbocycles. The highest BCUT2D eigenvalue weighted by Crippen LogP contribution is 2.25. The Morgan fingerprint density at radius 3 is 3.24 bits per heavy atom. The molecular weight excluding hydrogens is 236 g/mol. The van der Waals surface area contributed by atoms with E-state index < -0.39 is 0 Å². The number of nitrogens with two attached hydrogens (primary N) is 1. The SMILES string of the molecule is Nc1cccn2c(CC3CCCN3)nc(Cl)c12. The van der Waals surface area contributed by atoms with Crippen molar-refractivity contribution >= 4 is 22.8 Å². The first-order valence-corrected chi connectivity index (χ1v) is 6.28. The molecule has 0 radical (unpaired) electrons. The number of rotatable bonds is 2. The van der Waals surface area contributed by atoms with Crippen molar-refractivity contribution in [3.63, 3.8) is 0 Å². The summed E-state index contributed by atoms with van der Waals surface area (Å²) in [6, 6.07) is 4.28. The zero-order chi connectivity index (χ0) is 11.8. The van der Waals surface area contributed by atoms with Crippen molar-refractivity contribution in [3.05, 3.63) is 29.3 Å². The van der Waals surface area contributed by atoms with E-state index in [9.17, 15) is 0 Å². The lowest BCUT2D eigenvalue weighted by atomic mass is 10.1. The number of nitrogen functional groups attached to an aromatic ring is 1. The average molecular weight is 251 g/mol. The number of hydrogen-bond donors (Lipinski definition) is 2. The topological polar surface area (TPSA) is 55.4 Å². The van der Waals surface area contributed by atoms with Gasteiger partial charge in [0.05, 0.1) is 5.69 Å². The number of pyridine rings is 1. The number of aromatic nitrogens is 2. The van der Waals surface area contributed by atoms with Gasteiger partial charge in [0.1, 0.15) is 11.3 Å². The van der Waals surface area contributed by atoms with Crippen LogP contribution in [0.15, 0.2) is 18.3 Å². The zero-order valence-electron chi connectivity index (χ0n) is 9.49. The van der Waals surface area contributed by atoms with Crippen molar-refractivity contribution in [1.82, 2.24) is 14.7 Å². The molecule has 1 saturated heterocycles. The number of hydrogen-bond acceptors (Lipinski definition) is 3. The number of fused-ring (bicyclic) bond motifs is 1. The lowest BCUT2D eigenvalue weighted by Crippen LogP contribution is -2.24. The van der Waals surface area contributed by atoms with Crippen LogP contribution >= 0.6 is 11.6 Å². The van der Waals surface area contributed by atoms with Gasteiger partial charge in [-0.1, -0.05) is 11.6 Å². The summed E-state index contributed by atoms with van der Waals surface area (Å²) in [4.78, 5) is 4.42. The van der Waals surface area contributed by atoms with Gasteiger partial charge in [0, 0.05) is 18.7 Å². The van der Waals surface area contributed by atoms with E-state index in [0.717, 1.165) is 24.3 Å². The Bertz CT molecular complexity index is 543. The van der Waals surface area contributed by atoms with E-state index >= 15 is 0 Å². The fourth-order valence-corrected chi connectivity index (χ4v) is 2.77. The number of imidazole rings is 1. The van der Waals surface area contributed by atoms with Gasteiger partial charge in [0.25, 0.3) is 0 Å². The first-order chi connectivity index (χ1) is 8.25. The Labute approximate surface area is 105 Å². The van der Waals surface area contributed by atoms with Gasteiger partial charge in [-0.2, -0.15) is 0 Å². The van der Waals surface area contributed by atoms with Crippen LogP contribution in [0.2, 0.25) is 5.15 Å². The van der Waals surface area contributed by atoms with Gasteiger partial charge in [-0.3, -0.25) is 0 Å². The third-order valence-corrected chi connectivity index (χ3v) is 3.58. The second-order valence-corrected chi connectivity index (χ2v) is 4.86. The highest BCUT2D eigenvalue weighted by molar-refractivity contribution is 6.33. The summed E-state index contributed by atoms with van der Waals surface area (Å²) in [6.45, 7) is 1.10. The molecule has 1 unspecified atom stereocenters. The van der Waals surface area contributed by atoms with E-state index in [-0.39, 0.29) is 0 Å². The molecule has 0 spiro atoms. The molecule has 1 aliphatic rings. The van der Waals surface area contributed by atoms with E-state index in [2.05, 4.69) is 10.3 Å². The quantitative estimate of drug-likeness (QED) is 0.856. The molecule has 90 valence electrons. The van der Waals surface area contributed by atoms with Crippen LogP contribution in [-0.2, 0) is 6.42 Å². The van der Waals surface area contributed by atoms with Crippen LogP contribution in [0, 0.1) is 0 Å². The molecule has 1 aliphatic heterocycles. The van der Waals surface area contributed by atoms with E-state index in [4.69, 9.17) is 17.3 Å². The van der Waals surface area contributed by atoms with Crippen LogP contribution in [0.5, 0.6) is 0 Å². The summed E-state index contributed by atoms with van der Waals surface area (Å²) in [5.74, 6) is 0.983. The van der Waals surface area contributed by atoms with Crippen LogP contribution < -0.4 is 11.1 Å². The van der Waals surface area contributed by atoms with E-state index in [1.807, 2.05) is 22.7 Å². The van der Waals surface area contributed by atoms with E-state index in [1.165, 1.54) is 12.8 Å². The molecule has 4 nitrogen and oxygen atoms in total. The zero-order valence-corrected chi connectivity index (χ0v) is 10.2. The van der Waals surface area contributed by atoms with Gasteiger partial charge in [0.2, 0.25) is 0 Å². The Morgan fingerprint density at radius 2 is 2.47 bits per heavy atom. The molecule has 0 bridgehead atoms. The van der Waals surface area contributed by atoms with Crippen molar-refractivity contribution in [2.75, 3.05) is 12.3 Å². The standard InChI is InChI=1S/C12H15ClN4/c13-12-11-9(14)4-2-6-17(11)10(16-12)7-8-3-1-5-15-8/h2,4,6,8,15H,1,3,5,7,14H2. The first-order valence-electron chi connectivity index (χ1n) is 5.90. The predicted octanol–water partition coefficient (Wildman–Crippen LogP) is 1.86. The second kappa shape index (κ2) is 4.20. The van der Waals surface area contributed by atoms with Gasteiger partial charge in [-0.05, 0) is 31.5 Å². The Kier molecular flexibility index (Phi) is 2.68. The number of halogens is 1. The molecule has 17 heavy (non-hydrogen) atoms. The molecule has 2 aromatic heterocycles. The van der Waals surface area contributed by atoms with Crippen LogP contribution in [0.1, 0.15) is 18.7 Å². The lowest BCUT2D eigenvalue weighted by Gasteiger charge is -2.08. The third-order valence-electron chi connectivity index (χ3n) is 3.32. The van der Waals surface area contributed by atoms with Crippen molar-refractivity contribution in [3.8, 4) is 0 Å². The van der Waals surface area contributed by atoms with Crippen LogP contribution in [0.3, 0.4) is 0 Å². The largest absolute Gasteiger partial charge is 0.397 e. The summed E-state index contributed by atoms with van der Waals surface area (Å²) in [7, 11) is 0. The van der Waals surface area contributed by atoms with Crippen LogP contribution in [-0.4, -0.2) is 22.0 Å². The predicted molar refractivity (Wildman–Crippen MR) is 69.3 cm³/mol. The fourth-order valence-electron chi connectivity index (χ4n) is 2.47. The minimum atomic E-state index is 0.496. The average Bonchev–Trinajstić information content (AvgIpc) is 2.90. The summed E-state index contributed by atoms with van der Waals surface area (Å²) in [6.07, 6.45) is 5.31. The maximum atomic E-state index is 6.14. The molecule has 3 heterocycles. The minimum Gasteiger partial charge on any atom is -0.397 e. The van der Waals surface area contributed by atoms with Gasteiger partial charge < -0.3 is 15.5 Å². The molecule has 0 aromatic carbocycles. The molecule has 1 atom stereocenters. The number of nitrogens with zero attached hydrogens (tertiary/aromatic N) is 2. The Morgan fingerprint density at radius 1 is 1.59 bits per heavy atom. The maximum Gasteiger partial charge on any atom is 0.157 e. The van der Waals surface area contributed by atoms with Gasteiger partial charge in [-0.25, -0.2) is 4.98 Å². The smallest absolute Gasteiger partial charge is 0.157 e. The molecule has 5 heteroatoms. The molecular formula is C12H15ClN4. The molecule has 2 aromatic rings. The van der Waals surface area contributed by atoms with Crippen molar-refractivity contribution < 1.29 is 0 Å². The molecule has 3 N–H and O–H groups in total. The molecule has 0 saturated carbocycles. The van der Waals surface area contributed by atoms with E-state index in [1.54, 1.807) is 0 Å². The third kappa shape index (κ3) is 1.87. The number of anilines is 1. The minimum absolute atomic E-state index is 0.496. The fraction of sp³-hybridized carbons (Fsp3) is 0.417. The van der Waals surface area contributed by atoms with E-state index in [0.29, 0.717) is 16.9 Å².